The lowest BCUT2D eigenvalue weighted by atomic mass is 10.1. The molecule has 1 aliphatic heterocycles. The van der Waals surface area contributed by atoms with E-state index in [1.165, 1.54) is 0 Å². The molecule has 0 aromatic rings. The first-order valence-corrected chi connectivity index (χ1v) is 6.30. The third-order valence-corrected chi connectivity index (χ3v) is 3.45. The van der Waals surface area contributed by atoms with E-state index in [-0.39, 0.29) is 24.1 Å². The van der Waals surface area contributed by atoms with Crippen molar-refractivity contribution in [1.82, 2.24) is 10.2 Å². The van der Waals surface area contributed by atoms with Crippen LogP contribution in [0.25, 0.3) is 0 Å². The Morgan fingerprint density at radius 1 is 1.50 bits per heavy atom. The van der Waals surface area contributed by atoms with Crippen molar-refractivity contribution in [2.75, 3.05) is 13.1 Å². The normalized spacial score (nSPS) is 23.7. The van der Waals surface area contributed by atoms with E-state index < -0.39 is 0 Å². The monoisotopic (exact) mass is 228 g/mol. The highest BCUT2D eigenvalue weighted by molar-refractivity contribution is 5.81. The second-order valence-electron chi connectivity index (χ2n) is 4.64. The average molecular weight is 228 g/mol. The molecule has 94 valence electrons. The first-order chi connectivity index (χ1) is 7.58. The first kappa shape index (κ1) is 13.5. The summed E-state index contributed by atoms with van der Waals surface area (Å²) in [6.45, 7) is 7.52. The van der Waals surface area contributed by atoms with Crippen molar-refractivity contribution in [1.29, 1.82) is 0 Å². The molecule has 1 heterocycles. The van der Waals surface area contributed by atoms with E-state index in [1.54, 1.807) is 0 Å². The number of hydrogen-bond donors (Lipinski definition) is 2. The number of hydrogen-bond acceptors (Lipinski definition) is 3. The van der Waals surface area contributed by atoms with Gasteiger partial charge in [0.15, 0.2) is 0 Å². The Morgan fingerprint density at radius 3 is 2.56 bits per heavy atom. The molecule has 1 amide bonds. The van der Waals surface area contributed by atoms with Gasteiger partial charge in [-0.05, 0) is 26.2 Å². The Balaban J connectivity index is 2.41. The first-order valence-electron chi connectivity index (χ1n) is 6.30. The number of β-amino-alcohol motifs (C(OH)–C–C–N with tert-alkyl or cyclic N) is 1. The number of rotatable bonds is 5. The largest absolute Gasteiger partial charge is 0.392 e. The highest BCUT2D eigenvalue weighted by Gasteiger charge is 2.28. The summed E-state index contributed by atoms with van der Waals surface area (Å²) in [5, 5.41) is 12.5. The summed E-state index contributed by atoms with van der Waals surface area (Å²) in [5.74, 6) is 0.0859. The quantitative estimate of drug-likeness (QED) is 0.730. The fourth-order valence-electron chi connectivity index (χ4n) is 2.10. The second kappa shape index (κ2) is 6.21. The molecule has 4 nitrogen and oxygen atoms in total. The zero-order valence-corrected chi connectivity index (χ0v) is 10.6. The minimum absolute atomic E-state index is 0.0859. The van der Waals surface area contributed by atoms with Crippen LogP contribution in [0.2, 0.25) is 0 Å². The Labute approximate surface area is 98.0 Å². The van der Waals surface area contributed by atoms with Gasteiger partial charge < -0.3 is 10.4 Å². The number of carbonyl (C=O) groups excluding carboxylic acids is 1. The van der Waals surface area contributed by atoms with Gasteiger partial charge in [-0.3, -0.25) is 9.69 Å². The van der Waals surface area contributed by atoms with E-state index >= 15 is 0 Å². The molecule has 1 aliphatic rings. The van der Waals surface area contributed by atoms with Gasteiger partial charge >= 0.3 is 0 Å². The van der Waals surface area contributed by atoms with Gasteiger partial charge in [-0.15, -0.1) is 0 Å². The number of aliphatic hydroxyl groups excluding tert-OH is 1. The van der Waals surface area contributed by atoms with Gasteiger partial charge in [0.2, 0.25) is 5.91 Å². The third kappa shape index (κ3) is 3.46. The maximum absolute atomic E-state index is 11.9. The van der Waals surface area contributed by atoms with Crippen LogP contribution in [0.3, 0.4) is 0 Å². The molecule has 1 saturated heterocycles. The SMILES string of the molecule is CCC(CC)NC(=O)C(C)N1CC[C@@H](O)C1. The number of aliphatic hydroxyl groups is 1. The molecule has 1 fully saturated rings. The van der Waals surface area contributed by atoms with Gasteiger partial charge in [0.05, 0.1) is 12.1 Å². The molecular weight excluding hydrogens is 204 g/mol. The fourth-order valence-corrected chi connectivity index (χ4v) is 2.10. The standard InChI is InChI=1S/C12H24N2O2/c1-4-10(5-2)13-12(16)9(3)14-7-6-11(15)8-14/h9-11,15H,4-8H2,1-3H3,(H,13,16)/t9?,11-/m1/s1. The maximum atomic E-state index is 11.9. The summed E-state index contributed by atoms with van der Waals surface area (Å²) < 4.78 is 0. The number of nitrogens with zero attached hydrogens (tertiary/aromatic N) is 1. The van der Waals surface area contributed by atoms with Crippen LogP contribution in [-0.4, -0.2) is 47.2 Å². The van der Waals surface area contributed by atoms with Crippen molar-refractivity contribution in [2.24, 2.45) is 0 Å². The van der Waals surface area contributed by atoms with E-state index in [0.717, 1.165) is 25.8 Å². The van der Waals surface area contributed by atoms with Gasteiger partial charge in [-0.1, -0.05) is 13.8 Å². The molecule has 0 spiro atoms. The van der Waals surface area contributed by atoms with Crippen LogP contribution in [0.5, 0.6) is 0 Å². The number of carbonyl (C=O) groups is 1. The van der Waals surface area contributed by atoms with Gasteiger partial charge in [-0.2, -0.15) is 0 Å². The molecule has 16 heavy (non-hydrogen) atoms. The summed E-state index contributed by atoms with van der Waals surface area (Å²) in [4.78, 5) is 14.0. The van der Waals surface area contributed by atoms with Crippen LogP contribution in [0, 0.1) is 0 Å². The average Bonchev–Trinajstić information content (AvgIpc) is 2.71. The van der Waals surface area contributed by atoms with Crippen molar-refractivity contribution in [2.45, 2.75) is 58.2 Å². The van der Waals surface area contributed by atoms with Crippen LogP contribution in [-0.2, 0) is 4.79 Å². The van der Waals surface area contributed by atoms with Gasteiger partial charge in [0.1, 0.15) is 0 Å². The van der Waals surface area contributed by atoms with E-state index in [9.17, 15) is 9.90 Å². The predicted octanol–water partition coefficient (Wildman–Crippen LogP) is 0.746. The molecule has 2 N–H and O–H groups in total. The van der Waals surface area contributed by atoms with Crippen molar-refractivity contribution in [3.05, 3.63) is 0 Å². The Kier molecular flexibility index (Phi) is 5.22. The zero-order chi connectivity index (χ0) is 12.1. The third-order valence-electron chi connectivity index (χ3n) is 3.45. The Hall–Kier alpha value is -0.610. The second-order valence-corrected chi connectivity index (χ2v) is 4.64. The molecule has 0 bridgehead atoms. The summed E-state index contributed by atoms with van der Waals surface area (Å²) in [7, 11) is 0. The van der Waals surface area contributed by atoms with Crippen LogP contribution in [0.1, 0.15) is 40.0 Å². The molecule has 4 heteroatoms. The smallest absolute Gasteiger partial charge is 0.237 e. The summed E-state index contributed by atoms with van der Waals surface area (Å²) in [5.41, 5.74) is 0. The van der Waals surface area contributed by atoms with Crippen molar-refractivity contribution in [3.63, 3.8) is 0 Å². The molecule has 0 aromatic heterocycles. The molecule has 2 atom stereocenters. The molecule has 1 unspecified atom stereocenters. The minimum Gasteiger partial charge on any atom is -0.392 e. The molecule has 1 rings (SSSR count). The maximum Gasteiger partial charge on any atom is 0.237 e. The number of likely N-dealkylation sites (tertiary alicyclic amines) is 1. The fraction of sp³-hybridized carbons (Fsp3) is 0.917. The molecule has 0 radical (unpaired) electrons. The topological polar surface area (TPSA) is 52.6 Å². The van der Waals surface area contributed by atoms with Crippen LogP contribution < -0.4 is 5.32 Å². The van der Waals surface area contributed by atoms with E-state index in [1.807, 2.05) is 11.8 Å². The van der Waals surface area contributed by atoms with E-state index in [0.29, 0.717) is 6.54 Å². The van der Waals surface area contributed by atoms with Crippen molar-refractivity contribution >= 4 is 5.91 Å². The molecular formula is C12H24N2O2. The highest BCUT2D eigenvalue weighted by atomic mass is 16.3. The number of nitrogens with one attached hydrogen (secondary N) is 1. The molecule has 0 aliphatic carbocycles. The van der Waals surface area contributed by atoms with E-state index in [2.05, 4.69) is 19.2 Å². The van der Waals surface area contributed by atoms with Gasteiger partial charge in [-0.25, -0.2) is 0 Å². The van der Waals surface area contributed by atoms with Crippen LogP contribution >= 0.6 is 0 Å². The molecule has 0 saturated carbocycles. The summed E-state index contributed by atoms with van der Waals surface area (Å²) in [6.07, 6.45) is 2.46. The highest BCUT2D eigenvalue weighted by Crippen LogP contribution is 2.12. The zero-order valence-electron chi connectivity index (χ0n) is 10.6. The van der Waals surface area contributed by atoms with Crippen molar-refractivity contribution < 1.29 is 9.90 Å². The molecule has 0 aromatic carbocycles. The predicted molar refractivity (Wildman–Crippen MR) is 64.2 cm³/mol. The van der Waals surface area contributed by atoms with Crippen molar-refractivity contribution in [3.8, 4) is 0 Å². The van der Waals surface area contributed by atoms with Gasteiger partial charge in [0.25, 0.3) is 0 Å². The minimum atomic E-state index is -0.261. The van der Waals surface area contributed by atoms with Gasteiger partial charge in [0, 0.05) is 19.1 Å². The summed E-state index contributed by atoms with van der Waals surface area (Å²) >= 11 is 0. The lowest BCUT2D eigenvalue weighted by molar-refractivity contribution is -0.126. The van der Waals surface area contributed by atoms with Crippen LogP contribution in [0.15, 0.2) is 0 Å². The van der Waals surface area contributed by atoms with E-state index in [4.69, 9.17) is 0 Å². The number of amides is 1. The summed E-state index contributed by atoms with van der Waals surface area (Å²) in [6, 6.07) is 0.153. The Bertz CT molecular complexity index is 229. The van der Waals surface area contributed by atoms with Crippen LogP contribution in [0.4, 0.5) is 0 Å². The lowest BCUT2D eigenvalue weighted by Crippen LogP contribution is -2.47. The lowest BCUT2D eigenvalue weighted by Gasteiger charge is -2.25. The Morgan fingerprint density at radius 2 is 2.12 bits per heavy atom.